The topological polar surface area (TPSA) is 54.9 Å². The number of hydrogen-bond acceptors (Lipinski definition) is 4. The van der Waals surface area contributed by atoms with Crippen LogP contribution in [0.2, 0.25) is 0 Å². The smallest absolute Gasteiger partial charge is 0.237 e. The maximum Gasteiger partial charge on any atom is 0.237 e. The highest BCUT2D eigenvalue weighted by atomic mass is 32.2. The van der Waals surface area contributed by atoms with Gasteiger partial charge in [-0.1, -0.05) is 36.0 Å². The summed E-state index contributed by atoms with van der Waals surface area (Å²) in [7, 11) is 0. The van der Waals surface area contributed by atoms with Gasteiger partial charge in [0.15, 0.2) is 0 Å². The van der Waals surface area contributed by atoms with Crippen LogP contribution in [0.25, 0.3) is 10.9 Å². The van der Waals surface area contributed by atoms with E-state index in [0.29, 0.717) is 11.5 Å². The third-order valence-corrected chi connectivity index (χ3v) is 4.53. The number of carbonyl (C=O) groups excluding carboxylic acids is 1. The van der Waals surface area contributed by atoms with Crippen molar-refractivity contribution in [3.8, 4) is 0 Å². The van der Waals surface area contributed by atoms with Crippen molar-refractivity contribution in [1.29, 1.82) is 0 Å². The molecule has 1 amide bonds. The lowest BCUT2D eigenvalue weighted by molar-refractivity contribution is -0.115. The number of hydrogen-bond donors (Lipinski definition) is 1. The Morgan fingerprint density at radius 2 is 1.96 bits per heavy atom. The van der Waals surface area contributed by atoms with E-state index in [2.05, 4.69) is 15.3 Å². The van der Waals surface area contributed by atoms with Gasteiger partial charge in [0.2, 0.25) is 5.91 Å². The lowest BCUT2D eigenvalue weighted by atomic mass is 10.2. The summed E-state index contributed by atoms with van der Waals surface area (Å²) in [4.78, 5) is 21.2. The molecule has 0 spiro atoms. The molecule has 2 aromatic carbocycles. The molecule has 24 heavy (non-hydrogen) atoms. The highest BCUT2D eigenvalue weighted by Gasteiger charge is 2.17. The van der Waals surface area contributed by atoms with Crippen LogP contribution in [0.1, 0.15) is 12.7 Å². The zero-order valence-corrected chi connectivity index (χ0v) is 14.1. The van der Waals surface area contributed by atoms with E-state index >= 15 is 0 Å². The summed E-state index contributed by atoms with van der Waals surface area (Å²) in [5.74, 6) is 0.0745. The second-order valence-electron chi connectivity index (χ2n) is 5.35. The van der Waals surface area contributed by atoms with Crippen molar-refractivity contribution < 1.29 is 9.18 Å². The molecule has 0 aliphatic rings. The summed E-state index contributed by atoms with van der Waals surface area (Å²) < 4.78 is 13.2. The molecule has 1 aromatic heterocycles. The number of para-hydroxylation sites is 1. The van der Waals surface area contributed by atoms with Gasteiger partial charge in [-0.2, -0.15) is 0 Å². The Morgan fingerprint density at radius 3 is 2.75 bits per heavy atom. The van der Waals surface area contributed by atoms with Crippen molar-refractivity contribution in [3.63, 3.8) is 0 Å². The first kappa shape index (κ1) is 16.4. The van der Waals surface area contributed by atoms with Gasteiger partial charge in [-0.3, -0.25) is 4.79 Å². The fourth-order valence-corrected chi connectivity index (χ4v) is 3.26. The number of benzene rings is 2. The van der Waals surface area contributed by atoms with E-state index in [1.807, 2.05) is 31.2 Å². The molecule has 3 rings (SSSR count). The van der Waals surface area contributed by atoms with E-state index < -0.39 is 0 Å². The van der Waals surface area contributed by atoms with E-state index in [4.69, 9.17) is 0 Å². The van der Waals surface area contributed by atoms with Crippen LogP contribution in [0, 0.1) is 12.7 Å². The quantitative estimate of drug-likeness (QED) is 0.571. The van der Waals surface area contributed by atoms with Crippen molar-refractivity contribution in [2.75, 3.05) is 5.32 Å². The highest BCUT2D eigenvalue weighted by molar-refractivity contribution is 8.00. The van der Waals surface area contributed by atoms with Crippen molar-refractivity contribution in [1.82, 2.24) is 9.97 Å². The minimum absolute atomic E-state index is 0.203. The summed E-state index contributed by atoms with van der Waals surface area (Å²) in [6.45, 7) is 3.62. The number of aryl methyl sites for hydroxylation is 1. The number of fused-ring (bicyclic) bond motifs is 1. The maximum absolute atomic E-state index is 13.2. The van der Waals surface area contributed by atoms with E-state index in [0.717, 1.165) is 15.9 Å². The first-order chi connectivity index (χ1) is 11.5. The minimum Gasteiger partial charge on any atom is -0.325 e. The number of nitrogens with zero attached hydrogens (tertiary/aromatic N) is 2. The summed E-state index contributed by atoms with van der Waals surface area (Å²) in [6, 6.07) is 13.5. The molecule has 0 saturated carbocycles. The first-order valence-corrected chi connectivity index (χ1v) is 8.37. The van der Waals surface area contributed by atoms with Crippen LogP contribution in [-0.4, -0.2) is 21.1 Å². The second-order valence-corrected chi connectivity index (χ2v) is 6.68. The molecule has 0 unspecified atom stereocenters. The lowest BCUT2D eigenvalue weighted by Crippen LogP contribution is -2.22. The summed E-state index contributed by atoms with van der Waals surface area (Å²) in [5.41, 5.74) is 1.29. The monoisotopic (exact) mass is 341 g/mol. The Balaban J connectivity index is 1.79. The first-order valence-electron chi connectivity index (χ1n) is 7.49. The van der Waals surface area contributed by atoms with Crippen molar-refractivity contribution in [2.45, 2.75) is 24.1 Å². The molecule has 0 radical (unpaired) electrons. The van der Waals surface area contributed by atoms with Gasteiger partial charge < -0.3 is 5.32 Å². The normalized spacial score (nSPS) is 12.1. The fourth-order valence-electron chi connectivity index (χ4n) is 2.28. The van der Waals surface area contributed by atoms with Gasteiger partial charge >= 0.3 is 0 Å². The third-order valence-electron chi connectivity index (χ3n) is 3.43. The Bertz CT molecular complexity index is 900. The maximum atomic E-state index is 13.2. The van der Waals surface area contributed by atoms with Crippen LogP contribution in [-0.2, 0) is 4.79 Å². The van der Waals surface area contributed by atoms with Gasteiger partial charge in [0.05, 0.1) is 10.8 Å². The zero-order valence-electron chi connectivity index (χ0n) is 13.3. The average Bonchev–Trinajstić information content (AvgIpc) is 2.54. The molecule has 0 aliphatic heterocycles. The molecule has 0 bridgehead atoms. The Morgan fingerprint density at radius 1 is 1.17 bits per heavy atom. The Kier molecular flexibility index (Phi) is 4.76. The standard InChI is InChI=1S/C18H16FN3OS/c1-11(17(23)22-14-7-5-6-13(19)10-14)24-18-15-8-3-4-9-16(15)20-12(2)21-18/h3-11H,1-2H3,(H,22,23)/t11-/m0/s1. The van der Waals surface area contributed by atoms with Crippen LogP contribution in [0.5, 0.6) is 0 Å². The largest absolute Gasteiger partial charge is 0.325 e. The molecule has 6 heteroatoms. The lowest BCUT2D eigenvalue weighted by Gasteiger charge is -2.13. The highest BCUT2D eigenvalue weighted by Crippen LogP contribution is 2.29. The Hall–Kier alpha value is -2.47. The molecule has 1 N–H and O–H groups in total. The number of aromatic nitrogens is 2. The fraction of sp³-hybridized carbons (Fsp3) is 0.167. The number of halogens is 1. The average molecular weight is 341 g/mol. The SMILES string of the molecule is Cc1nc(S[C@@H](C)C(=O)Nc2cccc(F)c2)c2ccccc2n1. The molecule has 0 fully saturated rings. The van der Waals surface area contributed by atoms with Gasteiger partial charge in [0, 0.05) is 11.1 Å². The van der Waals surface area contributed by atoms with E-state index in [1.165, 1.54) is 23.9 Å². The van der Waals surface area contributed by atoms with Crippen LogP contribution in [0.3, 0.4) is 0 Å². The van der Waals surface area contributed by atoms with Gasteiger partial charge in [0.25, 0.3) is 0 Å². The van der Waals surface area contributed by atoms with Crippen LogP contribution >= 0.6 is 11.8 Å². The number of carbonyl (C=O) groups is 1. The van der Waals surface area contributed by atoms with Gasteiger partial charge in [-0.15, -0.1) is 0 Å². The number of rotatable bonds is 4. The number of anilines is 1. The molecule has 1 heterocycles. The minimum atomic E-state index is -0.384. The van der Waals surface area contributed by atoms with E-state index in [-0.39, 0.29) is 17.0 Å². The number of thioether (sulfide) groups is 1. The van der Waals surface area contributed by atoms with Crippen LogP contribution < -0.4 is 5.32 Å². The summed E-state index contributed by atoms with van der Waals surface area (Å²) in [6.07, 6.45) is 0. The number of nitrogens with one attached hydrogen (secondary N) is 1. The van der Waals surface area contributed by atoms with Crippen molar-refractivity contribution in [3.05, 3.63) is 60.2 Å². The van der Waals surface area contributed by atoms with Crippen LogP contribution in [0.15, 0.2) is 53.6 Å². The second kappa shape index (κ2) is 6.97. The van der Waals surface area contributed by atoms with E-state index in [1.54, 1.807) is 19.1 Å². The predicted octanol–water partition coefficient (Wildman–Crippen LogP) is 4.20. The zero-order chi connectivity index (χ0) is 17.1. The molecular weight excluding hydrogens is 325 g/mol. The molecule has 3 aromatic rings. The molecule has 1 atom stereocenters. The number of amides is 1. The third kappa shape index (κ3) is 3.71. The van der Waals surface area contributed by atoms with Gasteiger partial charge in [0.1, 0.15) is 16.7 Å². The predicted molar refractivity (Wildman–Crippen MR) is 94.6 cm³/mol. The molecule has 4 nitrogen and oxygen atoms in total. The summed E-state index contributed by atoms with van der Waals surface area (Å²) in [5, 5.41) is 4.02. The van der Waals surface area contributed by atoms with Gasteiger partial charge in [-0.05, 0) is 38.1 Å². The van der Waals surface area contributed by atoms with E-state index in [9.17, 15) is 9.18 Å². The van der Waals surface area contributed by atoms with Crippen molar-refractivity contribution >= 4 is 34.3 Å². The molecular formula is C18H16FN3OS. The van der Waals surface area contributed by atoms with Crippen LogP contribution in [0.4, 0.5) is 10.1 Å². The Labute approximate surface area is 143 Å². The molecule has 122 valence electrons. The molecule has 0 aliphatic carbocycles. The molecule has 0 saturated heterocycles. The summed E-state index contributed by atoms with van der Waals surface area (Å²) >= 11 is 1.36. The van der Waals surface area contributed by atoms with Gasteiger partial charge in [-0.25, -0.2) is 14.4 Å². The van der Waals surface area contributed by atoms with Crippen molar-refractivity contribution in [2.24, 2.45) is 0 Å².